The molecule has 11 rings (SSSR count). The standard InChI is InChI=1S/C44H28N4S/c1-2-14-30(15-3-1)47-36-19-9-6-16-31(36)34-25-29(22-23-38(34)47)43-45-41-33-18-8-11-21-40(33)49-42(41)44(46-43)48-37-20-10-7-17-32(37)35-24-27-12-4-5-13-28(27)26-39(35)48/h1-26,44H,(H,45,46). The summed E-state index contributed by atoms with van der Waals surface area (Å²) in [5, 5.41) is 12.6. The number of aliphatic imine (C=N–C) groups is 1. The first-order valence-corrected chi connectivity index (χ1v) is 17.5. The van der Waals surface area contributed by atoms with Crippen LogP contribution in [0.3, 0.4) is 0 Å². The highest BCUT2D eigenvalue weighted by atomic mass is 32.1. The lowest BCUT2D eigenvalue weighted by atomic mass is 10.1. The minimum absolute atomic E-state index is 0.148. The quantitative estimate of drug-likeness (QED) is 0.204. The van der Waals surface area contributed by atoms with E-state index in [0.29, 0.717) is 0 Å². The van der Waals surface area contributed by atoms with E-state index in [9.17, 15) is 0 Å². The molecular formula is C44H28N4S. The molecule has 0 amide bonds. The Morgan fingerprint density at radius 1 is 0.510 bits per heavy atom. The molecule has 49 heavy (non-hydrogen) atoms. The SMILES string of the molecule is c1ccc(-n2c3ccccc3c3cc(C4=Nc5c(sc6ccccc56)C(n5c6ccccc6c6cc7ccccc7cc65)N4)ccc32)cc1. The zero-order valence-electron chi connectivity index (χ0n) is 26.3. The summed E-state index contributed by atoms with van der Waals surface area (Å²) in [6, 6.07) is 57.0. The fourth-order valence-electron chi connectivity index (χ4n) is 7.96. The van der Waals surface area contributed by atoms with Gasteiger partial charge in [0, 0.05) is 42.9 Å². The Morgan fingerprint density at radius 2 is 1.14 bits per heavy atom. The predicted octanol–water partition coefficient (Wildman–Crippen LogP) is 11.5. The van der Waals surface area contributed by atoms with Gasteiger partial charge in [0.1, 0.15) is 12.0 Å². The Labute approximate surface area is 285 Å². The first-order chi connectivity index (χ1) is 24.3. The van der Waals surface area contributed by atoms with Gasteiger partial charge < -0.3 is 14.5 Å². The summed E-state index contributed by atoms with van der Waals surface area (Å²) in [4.78, 5) is 6.65. The van der Waals surface area contributed by atoms with Gasteiger partial charge in [0.25, 0.3) is 0 Å². The highest BCUT2D eigenvalue weighted by molar-refractivity contribution is 7.19. The highest BCUT2D eigenvalue weighted by Gasteiger charge is 2.31. The number of nitrogens with zero attached hydrogens (tertiary/aromatic N) is 3. The number of aromatic nitrogens is 2. The fraction of sp³-hybridized carbons (Fsp3) is 0.0227. The van der Waals surface area contributed by atoms with E-state index >= 15 is 0 Å². The number of hydrogen-bond donors (Lipinski definition) is 1. The Balaban J connectivity index is 1.17. The molecule has 4 heterocycles. The highest BCUT2D eigenvalue weighted by Crippen LogP contribution is 2.47. The number of rotatable bonds is 3. The van der Waals surface area contributed by atoms with Crippen molar-refractivity contribution in [3.8, 4) is 5.69 Å². The van der Waals surface area contributed by atoms with Crippen LogP contribution in [0.15, 0.2) is 163 Å². The van der Waals surface area contributed by atoms with Gasteiger partial charge in [-0.15, -0.1) is 11.3 Å². The Morgan fingerprint density at radius 3 is 1.98 bits per heavy atom. The van der Waals surface area contributed by atoms with Crippen LogP contribution in [0.25, 0.3) is 70.2 Å². The summed E-state index contributed by atoms with van der Waals surface area (Å²) in [7, 11) is 0. The maximum atomic E-state index is 5.42. The van der Waals surface area contributed by atoms with E-state index in [0.717, 1.165) is 22.8 Å². The first-order valence-electron chi connectivity index (χ1n) is 16.7. The number of fused-ring (bicyclic) bond motifs is 10. The van der Waals surface area contributed by atoms with Gasteiger partial charge in [0.2, 0.25) is 0 Å². The van der Waals surface area contributed by atoms with Crippen LogP contribution in [0, 0.1) is 0 Å². The first kappa shape index (κ1) is 26.9. The number of benzene rings is 7. The maximum absolute atomic E-state index is 5.42. The van der Waals surface area contributed by atoms with Crippen molar-refractivity contribution >= 4 is 87.3 Å². The Kier molecular flexibility index (Phi) is 5.57. The Bertz CT molecular complexity index is 2980. The van der Waals surface area contributed by atoms with Gasteiger partial charge in [-0.1, -0.05) is 97.1 Å². The maximum Gasteiger partial charge on any atom is 0.143 e. The molecule has 0 bridgehead atoms. The van der Waals surface area contributed by atoms with Gasteiger partial charge in [-0.05, 0) is 71.4 Å². The van der Waals surface area contributed by atoms with Crippen LogP contribution >= 0.6 is 11.3 Å². The van der Waals surface area contributed by atoms with Crippen LogP contribution < -0.4 is 5.32 Å². The third kappa shape index (κ3) is 3.88. The van der Waals surface area contributed by atoms with Crippen LogP contribution in [0.5, 0.6) is 0 Å². The molecule has 3 aromatic heterocycles. The van der Waals surface area contributed by atoms with Crippen molar-refractivity contribution in [1.82, 2.24) is 14.5 Å². The van der Waals surface area contributed by atoms with Crippen LogP contribution in [-0.4, -0.2) is 15.0 Å². The molecule has 230 valence electrons. The smallest absolute Gasteiger partial charge is 0.143 e. The van der Waals surface area contributed by atoms with E-state index in [2.05, 4.69) is 172 Å². The second kappa shape index (κ2) is 10.2. The number of thiophene rings is 1. The second-order valence-electron chi connectivity index (χ2n) is 12.8. The lowest BCUT2D eigenvalue weighted by molar-refractivity contribution is 0.589. The van der Waals surface area contributed by atoms with Crippen LogP contribution in [0.2, 0.25) is 0 Å². The predicted molar refractivity (Wildman–Crippen MR) is 207 cm³/mol. The normalized spacial score (nSPS) is 14.6. The van der Waals surface area contributed by atoms with Crippen molar-refractivity contribution in [2.24, 2.45) is 4.99 Å². The average Bonchev–Trinajstić information content (AvgIpc) is 3.81. The summed E-state index contributed by atoms with van der Waals surface area (Å²) in [5.41, 5.74) is 8.07. The molecule has 1 aliphatic rings. The van der Waals surface area contributed by atoms with Crippen LogP contribution in [0.4, 0.5) is 5.69 Å². The molecule has 1 atom stereocenters. The molecule has 0 radical (unpaired) electrons. The van der Waals surface area contributed by atoms with E-state index in [-0.39, 0.29) is 6.17 Å². The van der Waals surface area contributed by atoms with E-state index in [1.807, 2.05) is 11.3 Å². The van der Waals surface area contributed by atoms with Gasteiger partial charge in [-0.3, -0.25) is 0 Å². The van der Waals surface area contributed by atoms with Crippen molar-refractivity contribution < 1.29 is 0 Å². The van der Waals surface area contributed by atoms with Gasteiger partial charge in [0.05, 0.1) is 32.6 Å². The monoisotopic (exact) mass is 644 g/mol. The Hall–Kier alpha value is -6.17. The molecule has 0 fully saturated rings. The summed E-state index contributed by atoms with van der Waals surface area (Å²) < 4.78 is 6.11. The molecular weight excluding hydrogens is 617 g/mol. The third-order valence-corrected chi connectivity index (χ3v) is 11.3. The average molecular weight is 645 g/mol. The molecule has 0 spiro atoms. The lowest BCUT2D eigenvalue weighted by Gasteiger charge is -2.28. The van der Waals surface area contributed by atoms with Gasteiger partial charge in [0.15, 0.2) is 0 Å². The van der Waals surface area contributed by atoms with Crippen molar-refractivity contribution in [3.05, 3.63) is 168 Å². The fourth-order valence-corrected chi connectivity index (χ4v) is 9.14. The minimum atomic E-state index is -0.148. The summed E-state index contributed by atoms with van der Waals surface area (Å²) in [5.74, 6) is 0.881. The zero-order chi connectivity index (χ0) is 32.1. The zero-order valence-corrected chi connectivity index (χ0v) is 27.2. The molecule has 1 aliphatic heterocycles. The number of nitrogens with one attached hydrogen (secondary N) is 1. The molecule has 0 saturated carbocycles. The molecule has 10 aromatic rings. The number of para-hydroxylation sites is 3. The number of amidine groups is 1. The van der Waals surface area contributed by atoms with Gasteiger partial charge in [-0.25, -0.2) is 4.99 Å². The van der Waals surface area contributed by atoms with Crippen LogP contribution in [0.1, 0.15) is 16.6 Å². The topological polar surface area (TPSA) is 34.2 Å². The van der Waals surface area contributed by atoms with Crippen LogP contribution in [-0.2, 0) is 0 Å². The molecule has 1 N–H and O–H groups in total. The van der Waals surface area contributed by atoms with Crippen molar-refractivity contribution in [2.75, 3.05) is 0 Å². The van der Waals surface area contributed by atoms with E-state index < -0.39 is 0 Å². The molecule has 1 unspecified atom stereocenters. The van der Waals surface area contributed by atoms with Gasteiger partial charge in [-0.2, -0.15) is 0 Å². The lowest BCUT2D eigenvalue weighted by Crippen LogP contribution is -2.35. The van der Waals surface area contributed by atoms with Gasteiger partial charge >= 0.3 is 0 Å². The minimum Gasteiger partial charge on any atom is -0.345 e. The number of hydrogen-bond acceptors (Lipinski definition) is 3. The van der Waals surface area contributed by atoms with E-state index in [4.69, 9.17) is 4.99 Å². The molecule has 0 aliphatic carbocycles. The third-order valence-electron chi connectivity index (χ3n) is 10.1. The second-order valence-corrected chi connectivity index (χ2v) is 13.9. The largest absolute Gasteiger partial charge is 0.345 e. The van der Waals surface area contributed by atoms with Crippen molar-refractivity contribution in [2.45, 2.75) is 6.17 Å². The summed E-state index contributed by atoms with van der Waals surface area (Å²) in [6.45, 7) is 0. The van der Waals surface area contributed by atoms with Crippen molar-refractivity contribution in [1.29, 1.82) is 0 Å². The molecule has 4 nitrogen and oxygen atoms in total. The van der Waals surface area contributed by atoms with Crippen molar-refractivity contribution in [3.63, 3.8) is 0 Å². The molecule has 0 saturated heterocycles. The van der Waals surface area contributed by atoms with E-state index in [1.54, 1.807) is 0 Å². The summed E-state index contributed by atoms with van der Waals surface area (Å²) in [6.07, 6.45) is -0.148. The van der Waals surface area contributed by atoms with E-state index in [1.165, 1.54) is 69.3 Å². The molecule has 7 aromatic carbocycles. The molecule has 5 heteroatoms. The summed E-state index contributed by atoms with van der Waals surface area (Å²) >= 11 is 1.84.